The molecular weight excluding hydrogens is 309 g/mol. The number of nitrogens with zero attached hydrogens (tertiary/aromatic N) is 5. The second-order valence-corrected chi connectivity index (χ2v) is 6.03. The van der Waals surface area contributed by atoms with Crippen molar-refractivity contribution in [1.82, 2.24) is 19.7 Å². The van der Waals surface area contributed by atoms with Crippen LogP contribution in [0.1, 0.15) is 22.8 Å². The van der Waals surface area contributed by atoms with Crippen molar-refractivity contribution < 1.29 is 9.13 Å². The van der Waals surface area contributed by atoms with E-state index < -0.39 is 0 Å². The van der Waals surface area contributed by atoms with Crippen molar-refractivity contribution in [2.75, 3.05) is 19.7 Å². The van der Waals surface area contributed by atoms with Crippen molar-refractivity contribution in [2.45, 2.75) is 33.0 Å². The van der Waals surface area contributed by atoms with Crippen molar-refractivity contribution in [1.29, 1.82) is 5.26 Å². The van der Waals surface area contributed by atoms with Gasteiger partial charge in [-0.1, -0.05) is 6.07 Å². The number of aryl methyl sites for hydroxylation is 2. The SMILES string of the molecule is Cc1nc(C)n(C[C@H]2CN(Cc3ccc(C#N)cc3F)CCO2)n1. The summed E-state index contributed by atoms with van der Waals surface area (Å²) >= 11 is 0. The highest BCUT2D eigenvalue weighted by Gasteiger charge is 2.22. The van der Waals surface area contributed by atoms with Gasteiger partial charge in [0, 0.05) is 25.2 Å². The van der Waals surface area contributed by atoms with Crippen LogP contribution in [0.25, 0.3) is 0 Å². The first-order valence-electron chi connectivity index (χ1n) is 7.95. The molecule has 0 amide bonds. The molecule has 0 aliphatic carbocycles. The zero-order valence-electron chi connectivity index (χ0n) is 13.9. The van der Waals surface area contributed by atoms with Gasteiger partial charge in [-0.3, -0.25) is 4.90 Å². The molecule has 0 radical (unpaired) electrons. The molecule has 6 nitrogen and oxygen atoms in total. The lowest BCUT2D eigenvalue weighted by Gasteiger charge is -2.33. The van der Waals surface area contributed by atoms with E-state index in [1.807, 2.05) is 24.6 Å². The topological polar surface area (TPSA) is 67.0 Å². The number of rotatable bonds is 4. The largest absolute Gasteiger partial charge is 0.374 e. The van der Waals surface area contributed by atoms with Crippen LogP contribution in [0.4, 0.5) is 4.39 Å². The van der Waals surface area contributed by atoms with Gasteiger partial charge in [0.05, 0.1) is 30.9 Å². The molecule has 3 rings (SSSR count). The lowest BCUT2D eigenvalue weighted by atomic mass is 10.1. The predicted molar refractivity (Wildman–Crippen MR) is 85.6 cm³/mol. The maximum atomic E-state index is 14.1. The maximum Gasteiger partial charge on any atom is 0.147 e. The summed E-state index contributed by atoms with van der Waals surface area (Å²) < 4.78 is 21.7. The molecule has 126 valence electrons. The minimum absolute atomic E-state index is 0.00000656. The predicted octanol–water partition coefficient (Wildman–Crippen LogP) is 1.81. The Balaban J connectivity index is 1.63. The average molecular weight is 329 g/mol. The van der Waals surface area contributed by atoms with Crippen LogP contribution in [0.5, 0.6) is 0 Å². The summed E-state index contributed by atoms with van der Waals surface area (Å²) in [5, 5.41) is 13.2. The van der Waals surface area contributed by atoms with E-state index in [4.69, 9.17) is 10.00 Å². The third-order valence-corrected chi connectivity index (χ3v) is 4.14. The molecule has 0 bridgehead atoms. The normalized spacial score (nSPS) is 18.5. The molecule has 0 spiro atoms. The van der Waals surface area contributed by atoms with Crippen LogP contribution in [0.2, 0.25) is 0 Å². The average Bonchev–Trinajstić information content (AvgIpc) is 2.87. The second-order valence-electron chi connectivity index (χ2n) is 6.03. The molecule has 1 aromatic carbocycles. The van der Waals surface area contributed by atoms with E-state index in [1.54, 1.807) is 12.1 Å². The molecule has 1 aromatic heterocycles. The Hall–Kier alpha value is -2.30. The molecule has 1 fully saturated rings. The lowest BCUT2D eigenvalue weighted by Crippen LogP contribution is -2.44. The Morgan fingerprint density at radius 3 is 2.92 bits per heavy atom. The van der Waals surface area contributed by atoms with E-state index in [-0.39, 0.29) is 11.9 Å². The quantitative estimate of drug-likeness (QED) is 0.856. The summed E-state index contributed by atoms with van der Waals surface area (Å²) in [5.74, 6) is 1.28. The molecule has 24 heavy (non-hydrogen) atoms. The molecule has 1 atom stereocenters. The molecule has 2 aromatic rings. The van der Waals surface area contributed by atoms with Crippen LogP contribution < -0.4 is 0 Å². The Morgan fingerprint density at radius 2 is 2.25 bits per heavy atom. The van der Waals surface area contributed by atoms with Gasteiger partial charge in [-0.25, -0.2) is 14.1 Å². The smallest absolute Gasteiger partial charge is 0.147 e. The Morgan fingerprint density at radius 1 is 1.42 bits per heavy atom. The Bertz CT molecular complexity index is 767. The third-order valence-electron chi connectivity index (χ3n) is 4.14. The van der Waals surface area contributed by atoms with E-state index in [2.05, 4.69) is 15.0 Å². The van der Waals surface area contributed by atoms with Gasteiger partial charge in [0.25, 0.3) is 0 Å². The summed E-state index contributed by atoms with van der Waals surface area (Å²) in [5.41, 5.74) is 0.940. The minimum Gasteiger partial charge on any atom is -0.374 e. The van der Waals surface area contributed by atoms with Gasteiger partial charge >= 0.3 is 0 Å². The van der Waals surface area contributed by atoms with Gasteiger partial charge in [0.1, 0.15) is 17.5 Å². The summed E-state index contributed by atoms with van der Waals surface area (Å²) in [6.07, 6.45) is -0.00000656. The Labute approximate surface area is 140 Å². The fourth-order valence-electron chi connectivity index (χ4n) is 2.95. The van der Waals surface area contributed by atoms with Crippen molar-refractivity contribution in [3.8, 4) is 6.07 Å². The summed E-state index contributed by atoms with van der Waals surface area (Å²) in [6, 6.07) is 6.57. The number of aromatic nitrogens is 3. The van der Waals surface area contributed by atoms with Crippen molar-refractivity contribution in [2.24, 2.45) is 0 Å². The number of hydrogen-bond acceptors (Lipinski definition) is 5. The highest BCUT2D eigenvalue weighted by atomic mass is 19.1. The molecule has 7 heteroatoms. The van der Waals surface area contributed by atoms with Crippen LogP contribution in [-0.2, 0) is 17.8 Å². The molecule has 0 saturated carbocycles. The molecule has 1 saturated heterocycles. The number of hydrogen-bond donors (Lipinski definition) is 0. The Kier molecular flexibility index (Phi) is 4.88. The third kappa shape index (κ3) is 3.78. The van der Waals surface area contributed by atoms with Gasteiger partial charge < -0.3 is 4.74 Å². The molecule has 0 unspecified atom stereocenters. The summed E-state index contributed by atoms with van der Waals surface area (Å²) in [7, 11) is 0. The van der Waals surface area contributed by atoms with Gasteiger partial charge in [-0.15, -0.1) is 0 Å². The molecule has 2 heterocycles. The van der Waals surface area contributed by atoms with Crippen LogP contribution in [0.3, 0.4) is 0 Å². The number of ether oxygens (including phenoxy) is 1. The molecular formula is C17H20FN5O. The summed E-state index contributed by atoms with van der Waals surface area (Å²) in [4.78, 5) is 6.46. The van der Waals surface area contributed by atoms with E-state index in [1.165, 1.54) is 6.07 Å². The highest BCUT2D eigenvalue weighted by molar-refractivity contribution is 5.32. The van der Waals surface area contributed by atoms with Crippen molar-refractivity contribution in [3.63, 3.8) is 0 Å². The number of morpholine rings is 1. The summed E-state index contributed by atoms with van der Waals surface area (Å²) in [6.45, 7) is 7.00. The molecule has 0 N–H and O–H groups in total. The monoisotopic (exact) mass is 329 g/mol. The first-order valence-corrected chi connectivity index (χ1v) is 7.95. The van der Waals surface area contributed by atoms with Crippen LogP contribution >= 0.6 is 0 Å². The number of halogens is 1. The van der Waals surface area contributed by atoms with Crippen molar-refractivity contribution in [3.05, 3.63) is 46.8 Å². The molecule has 1 aliphatic heterocycles. The van der Waals surface area contributed by atoms with E-state index in [0.29, 0.717) is 37.4 Å². The van der Waals surface area contributed by atoms with Gasteiger partial charge in [0.15, 0.2) is 0 Å². The fraction of sp³-hybridized carbons (Fsp3) is 0.471. The lowest BCUT2D eigenvalue weighted by molar-refractivity contribution is -0.0408. The maximum absolute atomic E-state index is 14.1. The zero-order valence-corrected chi connectivity index (χ0v) is 13.9. The fourth-order valence-corrected chi connectivity index (χ4v) is 2.95. The van der Waals surface area contributed by atoms with Gasteiger partial charge in [0.2, 0.25) is 0 Å². The standard InChI is InChI=1S/C17H20FN5O/c1-12-20-13(2)23(21-12)11-16-10-22(5-6-24-16)9-15-4-3-14(8-19)7-17(15)18/h3-4,7,16H,5-6,9-11H2,1-2H3/t16-/m1/s1. The zero-order chi connectivity index (χ0) is 17.1. The van der Waals surface area contributed by atoms with Gasteiger partial charge in [-0.05, 0) is 26.0 Å². The highest BCUT2D eigenvalue weighted by Crippen LogP contribution is 2.16. The van der Waals surface area contributed by atoms with E-state index in [0.717, 1.165) is 18.2 Å². The van der Waals surface area contributed by atoms with Gasteiger partial charge in [-0.2, -0.15) is 10.4 Å². The van der Waals surface area contributed by atoms with Crippen LogP contribution in [-0.4, -0.2) is 45.5 Å². The second kappa shape index (κ2) is 7.07. The number of benzene rings is 1. The van der Waals surface area contributed by atoms with Crippen LogP contribution in [0.15, 0.2) is 18.2 Å². The number of nitriles is 1. The molecule has 1 aliphatic rings. The van der Waals surface area contributed by atoms with Crippen LogP contribution in [0, 0.1) is 31.0 Å². The van der Waals surface area contributed by atoms with E-state index >= 15 is 0 Å². The van der Waals surface area contributed by atoms with Crippen molar-refractivity contribution >= 4 is 0 Å². The minimum atomic E-state index is -0.333. The first-order chi connectivity index (χ1) is 11.5. The first kappa shape index (κ1) is 16.6. The van der Waals surface area contributed by atoms with E-state index in [9.17, 15) is 4.39 Å².